The predicted molar refractivity (Wildman–Crippen MR) is 126 cm³/mol. The maximum atomic E-state index is 14.9. The lowest BCUT2D eigenvalue weighted by Crippen LogP contribution is -2.43. The van der Waals surface area contributed by atoms with Gasteiger partial charge in [0, 0.05) is 29.9 Å². The Hall–Kier alpha value is -3.67. The molecule has 1 aromatic carbocycles. The first-order valence-corrected chi connectivity index (χ1v) is 12.0. The summed E-state index contributed by atoms with van der Waals surface area (Å²) in [6.45, 7) is 4.16. The first kappa shape index (κ1) is 23.7. The highest BCUT2D eigenvalue weighted by Gasteiger charge is 2.32. The lowest BCUT2D eigenvalue weighted by atomic mass is 10.1. The second-order valence-electron chi connectivity index (χ2n) is 9.49. The molecule has 37 heavy (non-hydrogen) atoms. The van der Waals surface area contributed by atoms with Gasteiger partial charge in [0.15, 0.2) is 5.65 Å². The van der Waals surface area contributed by atoms with E-state index in [1.54, 1.807) is 6.20 Å². The molecule has 0 radical (unpaired) electrons. The highest BCUT2D eigenvalue weighted by Crippen LogP contribution is 2.36. The van der Waals surface area contributed by atoms with Gasteiger partial charge < -0.3 is 9.64 Å². The van der Waals surface area contributed by atoms with Gasteiger partial charge >= 0.3 is 0 Å². The number of aryl methyl sites for hydroxylation is 1. The summed E-state index contributed by atoms with van der Waals surface area (Å²) in [6, 6.07) is 3.43. The van der Waals surface area contributed by atoms with Crippen molar-refractivity contribution >= 4 is 17.1 Å². The van der Waals surface area contributed by atoms with Gasteiger partial charge in [0.25, 0.3) is 6.43 Å². The number of aromatic nitrogens is 6. The van der Waals surface area contributed by atoms with E-state index in [-0.39, 0.29) is 46.3 Å². The molecule has 6 rings (SSSR count). The Labute approximate surface area is 209 Å². The van der Waals surface area contributed by atoms with Crippen LogP contribution in [0.25, 0.3) is 22.4 Å². The molecule has 0 bridgehead atoms. The van der Waals surface area contributed by atoms with Crippen molar-refractivity contribution in [1.29, 1.82) is 0 Å². The number of hydrogen-bond donors (Lipinski definition) is 0. The summed E-state index contributed by atoms with van der Waals surface area (Å²) in [5.74, 6) is -1.45. The van der Waals surface area contributed by atoms with Crippen LogP contribution in [0, 0.1) is 18.6 Å². The standard InChI is InChI=1S/C25H23F4N7O/c1-12-9-35(11-19(37-12)14-8-30-36(10-14)16-4-5-16)25-33-21(17-6-3-15(26)7-18(17)27)22-24(34-25)31-13(2)20(32-22)23(28)29/h3,6-8,10,12,16,19,23H,4-5,9,11H2,1-2H3/t12-,19+/m1/s1. The van der Waals surface area contributed by atoms with Gasteiger partial charge in [-0.05, 0) is 38.8 Å². The second-order valence-corrected chi connectivity index (χ2v) is 9.49. The zero-order chi connectivity index (χ0) is 25.8. The van der Waals surface area contributed by atoms with Crippen molar-refractivity contribution in [2.75, 3.05) is 18.0 Å². The Kier molecular flexibility index (Phi) is 5.78. The zero-order valence-corrected chi connectivity index (χ0v) is 20.1. The minimum Gasteiger partial charge on any atom is -0.367 e. The molecule has 0 amide bonds. The van der Waals surface area contributed by atoms with Crippen LogP contribution in [0.1, 0.15) is 55.3 Å². The van der Waals surface area contributed by atoms with E-state index in [1.807, 2.05) is 22.7 Å². The molecule has 0 unspecified atom stereocenters. The molecule has 4 heterocycles. The summed E-state index contributed by atoms with van der Waals surface area (Å²) in [7, 11) is 0. The highest BCUT2D eigenvalue weighted by atomic mass is 19.3. The SMILES string of the molecule is Cc1nc2nc(N3C[C@@H](C)O[C@H](c4cnn(C5CC5)c4)C3)nc(-c3ccc(F)cc3F)c2nc1C(F)F. The third-order valence-corrected chi connectivity index (χ3v) is 6.58. The predicted octanol–water partition coefficient (Wildman–Crippen LogP) is 5.11. The van der Waals surface area contributed by atoms with Gasteiger partial charge in [-0.3, -0.25) is 4.68 Å². The van der Waals surface area contributed by atoms with Gasteiger partial charge in [0.1, 0.15) is 34.6 Å². The molecule has 12 heteroatoms. The number of nitrogens with zero attached hydrogens (tertiary/aromatic N) is 7. The molecule has 1 aliphatic carbocycles. The summed E-state index contributed by atoms with van der Waals surface area (Å²) in [4.78, 5) is 19.3. The van der Waals surface area contributed by atoms with Gasteiger partial charge in [-0.25, -0.2) is 32.5 Å². The van der Waals surface area contributed by atoms with E-state index < -0.39 is 23.8 Å². The van der Waals surface area contributed by atoms with Gasteiger partial charge in [-0.2, -0.15) is 10.1 Å². The number of morpholine rings is 1. The molecular formula is C25H23F4N7O. The average Bonchev–Trinajstić information content (AvgIpc) is 3.58. The van der Waals surface area contributed by atoms with Crippen LogP contribution in [0.5, 0.6) is 0 Å². The van der Waals surface area contributed by atoms with Crippen molar-refractivity contribution < 1.29 is 22.3 Å². The molecule has 0 N–H and O–H groups in total. The first-order valence-electron chi connectivity index (χ1n) is 12.0. The summed E-state index contributed by atoms with van der Waals surface area (Å²) in [5, 5.41) is 4.45. The van der Waals surface area contributed by atoms with E-state index in [2.05, 4.69) is 25.0 Å². The zero-order valence-electron chi connectivity index (χ0n) is 20.1. The largest absolute Gasteiger partial charge is 0.367 e. The summed E-state index contributed by atoms with van der Waals surface area (Å²) >= 11 is 0. The number of fused-ring (bicyclic) bond motifs is 1. The number of halogens is 4. The van der Waals surface area contributed by atoms with Crippen molar-refractivity contribution in [3.63, 3.8) is 0 Å². The van der Waals surface area contributed by atoms with Gasteiger partial charge in [-0.1, -0.05) is 0 Å². The summed E-state index contributed by atoms with van der Waals surface area (Å²) in [5.41, 5.74) is 0.229. The third kappa shape index (κ3) is 4.50. The van der Waals surface area contributed by atoms with Crippen LogP contribution in [0.2, 0.25) is 0 Å². The van der Waals surface area contributed by atoms with E-state index in [9.17, 15) is 17.6 Å². The summed E-state index contributed by atoms with van der Waals surface area (Å²) in [6.07, 6.45) is 2.60. The van der Waals surface area contributed by atoms with E-state index in [4.69, 9.17) is 4.74 Å². The fraction of sp³-hybridized carbons (Fsp3) is 0.400. The monoisotopic (exact) mass is 513 g/mol. The lowest BCUT2D eigenvalue weighted by molar-refractivity contribution is -0.0178. The van der Waals surface area contributed by atoms with Gasteiger partial charge in [0.05, 0.1) is 30.6 Å². The topological polar surface area (TPSA) is 81.9 Å². The number of ether oxygens (including phenoxy) is 1. The molecule has 0 spiro atoms. The van der Waals surface area contributed by atoms with Crippen LogP contribution < -0.4 is 4.90 Å². The van der Waals surface area contributed by atoms with Crippen LogP contribution >= 0.6 is 0 Å². The van der Waals surface area contributed by atoms with E-state index in [0.717, 1.165) is 24.5 Å². The fourth-order valence-corrected chi connectivity index (χ4v) is 4.60. The number of rotatable bonds is 5. The minimum absolute atomic E-state index is 0.0124. The van der Waals surface area contributed by atoms with Gasteiger partial charge in [-0.15, -0.1) is 0 Å². The molecule has 1 aliphatic heterocycles. The van der Waals surface area contributed by atoms with E-state index in [0.29, 0.717) is 25.2 Å². The van der Waals surface area contributed by atoms with E-state index >= 15 is 0 Å². The molecule has 1 saturated carbocycles. The van der Waals surface area contributed by atoms with Crippen molar-refractivity contribution in [2.45, 2.75) is 51.4 Å². The molecule has 2 fully saturated rings. The third-order valence-electron chi connectivity index (χ3n) is 6.58. The molecule has 8 nitrogen and oxygen atoms in total. The van der Waals surface area contributed by atoms with Crippen LogP contribution in [-0.2, 0) is 4.74 Å². The van der Waals surface area contributed by atoms with Crippen LogP contribution in [-0.4, -0.2) is 48.9 Å². The normalized spacial score (nSPS) is 20.2. The van der Waals surface area contributed by atoms with Crippen LogP contribution in [0.15, 0.2) is 30.6 Å². The highest BCUT2D eigenvalue weighted by molar-refractivity contribution is 5.88. The lowest BCUT2D eigenvalue weighted by Gasteiger charge is -2.36. The van der Waals surface area contributed by atoms with Crippen LogP contribution in [0.3, 0.4) is 0 Å². The number of alkyl halides is 2. The Bertz CT molecular complexity index is 1490. The van der Waals surface area contributed by atoms with E-state index in [1.165, 1.54) is 13.0 Å². The maximum absolute atomic E-state index is 14.9. The number of benzene rings is 1. The number of hydrogen-bond acceptors (Lipinski definition) is 7. The molecule has 3 aromatic heterocycles. The quantitative estimate of drug-likeness (QED) is 0.343. The Morgan fingerprint density at radius 3 is 2.59 bits per heavy atom. The van der Waals surface area contributed by atoms with Gasteiger partial charge in [0.2, 0.25) is 5.95 Å². The van der Waals surface area contributed by atoms with Crippen molar-refractivity contribution in [3.8, 4) is 11.3 Å². The molecule has 192 valence electrons. The molecule has 2 atom stereocenters. The average molecular weight is 513 g/mol. The second kappa shape index (κ2) is 9.02. The Morgan fingerprint density at radius 1 is 1.05 bits per heavy atom. The van der Waals surface area contributed by atoms with Crippen LogP contribution in [0.4, 0.5) is 23.5 Å². The fourth-order valence-electron chi connectivity index (χ4n) is 4.60. The molecule has 2 aliphatic rings. The minimum atomic E-state index is -2.89. The number of anilines is 1. The van der Waals surface area contributed by atoms with Crippen molar-refractivity contribution in [1.82, 2.24) is 29.7 Å². The first-order chi connectivity index (χ1) is 17.8. The molecular weight excluding hydrogens is 490 g/mol. The molecule has 4 aromatic rings. The Balaban J connectivity index is 1.45. The van der Waals surface area contributed by atoms with Crippen molar-refractivity contribution in [2.24, 2.45) is 0 Å². The van der Waals surface area contributed by atoms with Crippen molar-refractivity contribution in [3.05, 3.63) is 59.2 Å². The molecule has 1 saturated heterocycles. The smallest absolute Gasteiger partial charge is 0.282 e. The Morgan fingerprint density at radius 2 is 1.86 bits per heavy atom. The summed E-state index contributed by atoms with van der Waals surface area (Å²) < 4.78 is 63.8. The maximum Gasteiger partial charge on any atom is 0.282 e.